The van der Waals surface area contributed by atoms with Crippen LogP contribution in [0.4, 0.5) is 18.9 Å². The highest BCUT2D eigenvalue weighted by molar-refractivity contribution is 7.91. The van der Waals surface area contributed by atoms with Gasteiger partial charge in [0.05, 0.1) is 28.9 Å². The Kier molecular flexibility index (Phi) is 9.60. The number of hydrogen-bond acceptors (Lipinski definition) is 6. The molecule has 1 heterocycles. The molecule has 41 heavy (non-hydrogen) atoms. The number of sulfone groups is 1. The molecule has 0 aromatic heterocycles. The quantitative estimate of drug-likeness (QED) is 0.317. The summed E-state index contributed by atoms with van der Waals surface area (Å²) in [6.45, 7) is 3.31. The third kappa shape index (κ3) is 7.80. The zero-order valence-corrected chi connectivity index (χ0v) is 23.4. The third-order valence-corrected chi connectivity index (χ3v) is 8.94. The average Bonchev–Trinajstić information content (AvgIpc) is 3.45. The van der Waals surface area contributed by atoms with E-state index in [1.54, 1.807) is 31.2 Å². The van der Waals surface area contributed by atoms with Gasteiger partial charge in [0.1, 0.15) is 5.75 Å². The van der Waals surface area contributed by atoms with Crippen molar-refractivity contribution >= 4 is 21.4 Å². The van der Waals surface area contributed by atoms with Crippen LogP contribution in [0.25, 0.3) is 0 Å². The Labute approximate surface area is 237 Å². The van der Waals surface area contributed by atoms with Crippen molar-refractivity contribution in [3.8, 4) is 5.75 Å². The largest absolute Gasteiger partial charge is 0.493 e. The maximum atomic E-state index is 13.0. The molecule has 1 amide bonds. The van der Waals surface area contributed by atoms with Gasteiger partial charge in [0.25, 0.3) is 5.91 Å². The third-order valence-electron chi connectivity index (χ3n) is 7.19. The molecule has 1 saturated heterocycles. The Morgan fingerprint density at radius 2 is 1.71 bits per heavy atom. The number of halogens is 3. The highest BCUT2D eigenvalue weighted by Crippen LogP contribution is 2.31. The second-order valence-electron chi connectivity index (χ2n) is 9.99. The number of aliphatic hydroxyl groups is 1. The van der Waals surface area contributed by atoms with Crippen molar-refractivity contribution in [2.24, 2.45) is 5.92 Å². The van der Waals surface area contributed by atoms with Crippen LogP contribution in [-0.4, -0.2) is 51.5 Å². The molecule has 1 fully saturated rings. The summed E-state index contributed by atoms with van der Waals surface area (Å²) in [5.41, 5.74) is 1.37. The lowest BCUT2D eigenvalue weighted by Crippen LogP contribution is -2.29. The molecule has 11 heteroatoms. The second kappa shape index (κ2) is 12.9. The number of alkyl halides is 3. The van der Waals surface area contributed by atoms with Gasteiger partial charge in [-0.1, -0.05) is 19.1 Å². The predicted octanol–water partition coefficient (Wildman–Crippen LogP) is 5.26. The van der Waals surface area contributed by atoms with E-state index in [0.29, 0.717) is 30.0 Å². The molecule has 0 saturated carbocycles. The molecule has 3 aromatic carbocycles. The van der Waals surface area contributed by atoms with Crippen LogP contribution in [0.2, 0.25) is 0 Å². The van der Waals surface area contributed by atoms with Gasteiger partial charge in [0, 0.05) is 36.9 Å². The van der Waals surface area contributed by atoms with Crippen molar-refractivity contribution in [1.82, 2.24) is 5.32 Å². The van der Waals surface area contributed by atoms with Crippen LogP contribution in [-0.2, 0) is 16.0 Å². The number of nitrogens with one attached hydrogen (secondary N) is 1. The van der Waals surface area contributed by atoms with Crippen LogP contribution >= 0.6 is 0 Å². The molecule has 0 aliphatic carbocycles. The summed E-state index contributed by atoms with van der Waals surface area (Å²) >= 11 is 0. The highest BCUT2D eigenvalue weighted by atomic mass is 32.2. The lowest BCUT2D eigenvalue weighted by atomic mass is 10.0. The summed E-state index contributed by atoms with van der Waals surface area (Å²) in [6.07, 6.45) is -3.24. The molecule has 0 spiro atoms. The summed E-state index contributed by atoms with van der Waals surface area (Å²) in [4.78, 5) is 15.4. The van der Waals surface area contributed by atoms with Gasteiger partial charge in [-0.25, -0.2) is 8.42 Å². The predicted molar refractivity (Wildman–Crippen MR) is 150 cm³/mol. The van der Waals surface area contributed by atoms with Crippen LogP contribution in [0, 0.1) is 5.92 Å². The lowest BCUT2D eigenvalue weighted by molar-refractivity contribution is -0.137. The number of benzene rings is 3. The standard InChI is InChI=1S/C30H33F3N2O5S/c1-2-41(38,39)27-13-5-22(6-14-27)28(16-18-36)34-29(37)23-3-9-25(10-4-23)35-17-15-21(19-35)20-40-26-11-7-24(8-12-26)30(31,32)33/h3-14,21,28,36H,2,15-20H2,1H3,(H,34,37)/t21?,28-/m0/s1. The summed E-state index contributed by atoms with van der Waals surface area (Å²) in [5, 5.41) is 12.4. The van der Waals surface area contributed by atoms with E-state index in [1.807, 2.05) is 12.1 Å². The van der Waals surface area contributed by atoms with E-state index in [9.17, 15) is 31.5 Å². The van der Waals surface area contributed by atoms with Crippen molar-refractivity contribution in [2.45, 2.75) is 36.9 Å². The Hall–Kier alpha value is -3.57. The van der Waals surface area contributed by atoms with Crippen LogP contribution in [0.15, 0.2) is 77.7 Å². The molecule has 0 radical (unpaired) electrons. The molecule has 2 N–H and O–H groups in total. The van der Waals surface area contributed by atoms with Crippen molar-refractivity contribution < 1.29 is 36.2 Å². The topological polar surface area (TPSA) is 95.9 Å². The SMILES string of the molecule is CCS(=O)(=O)c1ccc([C@H](CCO)NC(=O)c2ccc(N3CCC(COc4ccc(C(F)(F)F)cc4)C3)cc2)cc1. The van der Waals surface area contributed by atoms with E-state index >= 15 is 0 Å². The van der Waals surface area contributed by atoms with E-state index in [4.69, 9.17) is 4.74 Å². The molecular weight excluding hydrogens is 557 g/mol. The average molecular weight is 591 g/mol. The minimum Gasteiger partial charge on any atom is -0.493 e. The number of hydrogen-bond donors (Lipinski definition) is 2. The van der Waals surface area contributed by atoms with Crippen molar-refractivity contribution in [3.63, 3.8) is 0 Å². The van der Waals surface area contributed by atoms with E-state index < -0.39 is 27.6 Å². The summed E-state index contributed by atoms with van der Waals surface area (Å²) in [7, 11) is -3.34. The number of nitrogens with zero attached hydrogens (tertiary/aromatic N) is 1. The minimum atomic E-state index is -4.38. The van der Waals surface area contributed by atoms with Gasteiger partial charge in [0.2, 0.25) is 0 Å². The van der Waals surface area contributed by atoms with E-state index in [0.717, 1.165) is 30.8 Å². The fourth-order valence-electron chi connectivity index (χ4n) is 4.75. The van der Waals surface area contributed by atoms with Gasteiger partial charge in [-0.15, -0.1) is 0 Å². The molecule has 7 nitrogen and oxygen atoms in total. The molecule has 4 rings (SSSR count). The smallest absolute Gasteiger partial charge is 0.416 e. The number of carbonyl (C=O) groups is 1. The van der Waals surface area contributed by atoms with E-state index in [1.165, 1.54) is 24.3 Å². The number of rotatable bonds is 11. The molecular formula is C30H33F3N2O5S. The van der Waals surface area contributed by atoms with Crippen LogP contribution in [0.3, 0.4) is 0 Å². The Bertz CT molecular complexity index is 1410. The second-order valence-corrected chi connectivity index (χ2v) is 12.3. The molecule has 3 aromatic rings. The van der Waals surface area contributed by atoms with Gasteiger partial charge < -0.3 is 20.1 Å². The van der Waals surface area contributed by atoms with Crippen LogP contribution in [0.1, 0.15) is 47.3 Å². The first kappa shape index (κ1) is 30.4. The molecule has 0 bridgehead atoms. The Morgan fingerprint density at radius 1 is 1.05 bits per heavy atom. The zero-order chi connectivity index (χ0) is 29.6. The van der Waals surface area contributed by atoms with Gasteiger partial charge in [0.15, 0.2) is 9.84 Å². The maximum Gasteiger partial charge on any atom is 0.416 e. The number of amides is 1. The van der Waals surface area contributed by atoms with Gasteiger partial charge in [-0.3, -0.25) is 4.79 Å². The van der Waals surface area contributed by atoms with Crippen molar-refractivity contribution in [1.29, 1.82) is 0 Å². The number of anilines is 1. The fraction of sp³-hybridized carbons (Fsp3) is 0.367. The van der Waals surface area contributed by atoms with E-state index in [-0.39, 0.29) is 35.5 Å². The Balaban J connectivity index is 1.32. The van der Waals surface area contributed by atoms with Crippen molar-refractivity contribution in [2.75, 3.05) is 37.0 Å². The van der Waals surface area contributed by atoms with Crippen LogP contribution < -0.4 is 15.0 Å². The fourth-order valence-corrected chi connectivity index (χ4v) is 5.63. The molecule has 1 aliphatic heterocycles. The normalized spacial score (nSPS) is 16.4. The zero-order valence-electron chi connectivity index (χ0n) is 22.6. The number of aliphatic hydroxyl groups excluding tert-OH is 1. The van der Waals surface area contributed by atoms with Gasteiger partial charge >= 0.3 is 6.18 Å². The maximum absolute atomic E-state index is 13.0. The Morgan fingerprint density at radius 3 is 2.29 bits per heavy atom. The monoisotopic (exact) mass is 590 g/mol. The lowest BCUT2D eigenvalue weighted by Gasteiger charge is -2.21. The summed E-state index contributed by atoms with van der Waals surface area (Å²) < 4.78 is 68.1. The first-order chi connectivity index (χ1) is 19.5. The van der Waals surface area contributed by atoms with E-state index in [2.05, 4.69) is 10.2 Å². The summed E-state index contributed by atoms with van der Waals surface area (Å²) in [5.74, 6) is 0.282. The number of carbonyl (C=O) groups excluding carboxylic acids is 1. The van der Waals surface area contributed by atoms with Gasteiger partial charge in [-0.05, 0) is 79.1 Å². The molecule has 2 atom stereocenters. The minimum absolute atomic E-state index is 0.00621. The first-order valence-electron chi connectivity index (χ1n) is 13.4. The van der Waals surface area contributed by atoms with Crippen LogP contribution in [0.5, 0.6) is 5.75 Å². The molecule has 220 valence electrons. The van der Waals surface area contributed by atoms with Gasteiger partial charge in [-0.2, -0.15) is 13.2 Å². The van der Waals surface area contributed by atoms with Crippen molar-refractivity contribution in [3.05, 3.63) is 89.5 Å². The summed E-state index contributed by atoms with van der Waals surface area (Å²) in [6, 6.07) is 17.7. The molecule has 1 aliphatic rings. The molecule has 1 unspecified atom stereocenters. The highest BCUT2D eigenvalue weighted by Gasteiger charge is 2.30. The number of ether oxygens (including phenoxy) is 1. The first-order valence-corrected chi connectivity index (χ1v) is 15.0.